The first-order chi connectivity index (χ1) is 15.2. The number of aromatic nitrogens is 1. The average Bonchev–Trinajstić information content (AvgIpc) is 2.70. The quantitative estimate of drug-likeness (QED) is 0.587. The number of fused-ring (bicyclic) bond motifs is 1. The summed E-state index contributed by atoms with van der Waals surface area (Å²) in [6, 6.07) is 7.58. The standard InChI is InChI=1S/C21H21NO2S/c1-4-24-20(23)16-7-9-17(22-14-16)8-5-15-6-10-19-18(13-15)21(2,3)11-12-25-19/h6-7,9-10,13-14H,4,11-12H2,1-3H3/i2D3,3D3,11D2. The summed E-state index contributed by atoms with van der Waals surface area (Å²) < 4.78 is 70.0. The molecule has 1 aliphatic heterocycles. The van der Waals surface area contributed by atoms with E-state index in [0.29, 0.717) is 16.2 Å². The third kappa shape index (κ3) is 4.05. The molecule has 0 fully saturated rings. The Morgan fingerprint density at radius 2 is 2.28 bits per heavy atom. The highest BCUT2D eigenvalue weighted by molar-refractivity contribution is 7.99. The topological polar surface area (TPSA) is 39.2 Å². The van der Waals surface area contributed by atoms with Crippen LogP contribution in [-0.2, 0) is 10.2 Å². The van der Waals surface area contributed by atoms with Crippen molar-refractivity contribution in [2.45, 2.75) is 37.3 Å². The van der Waals surface area contributed by atoms with Gasteiger partial charge >= 0.3 is 5.97 Å². The van der Waals surface area contributed by atoms with Crippen LogP contribution in [0.3, 0.4) is 0 Å². The first-order valence-corrected chi connectivity index (χ1v) is 8.66. The number of thioether (sulfide) groups is 1. The second-order valence-corrected chi connectivity index (χ2v) is 6.35. The molecule has 4 heteroatoms. The number of carbonyl (C=O) groups excluding carboxylic acids is 1. The molecule has 0 saturated carbocycles. The predicted octanol–water partition coefficient (Wildman–Crippen LogP) is 4.43. The van der Waals surface area contributed by atoms with Gasteiger partial charge in [0.25, 0.3) is 0 Å². The van der Waals surface area contributed by atoms with E-state index in [0.717, 1.165) is 11.8 Å². The Balaban J connectivity index is 2.07. The maximum atomic E-state index is 11.7. The second-order valence-electron chi connectivity index (χ2n) is 5.33. The Labute approximate surface area is 164 Å². The molecule has 1 aromatic carbocycles. The number of pyridine rings is 1. The molecule has 128 valence electrons. The minimum Gasteiger partial charge on any atom is -0.462 e. The van der Waals surface area contributed by atoms with Crippen molar-refractivity contribution in [1.82, 2.24) is 4.98 Å². The fourth-order valence-corrected chi connectivity index (χ4v) is 3.26. The molecule has 0 aliphatic carbocycles. The second kappa shape index (κ2) is 7.33. The molecule has 0 bridgehead atoms. The molecule has 0 unspecified atom stereocenters. The third-order valence-electron chi connectivity index (χ3n) is 3.56. The van der Waals surface area contributed by atoms with E-state index in [1.54, 1.807) is 19.1 Å². The van der Waals surface area contributed by atoms with Gasteiger partial charge in [0.2, 0.25) is 0 Å². The number of rotatable bonds is 2. The SMILES string of the molecule is [2H]C([2H])([2H])C1(C([2H])([2H])[2H])c2cc(C#Cc3ccc(C(=O)OCC)cn3)ccc2SCC1([2H])[2H]. The number of carbonyl (C=O) groups is 1. The van der Waals surface area contributed by atoms with E-state index in [9.17, 15) is 4.79 Å². The van der Waals surface area contributed by atoms with Crippen LogP contribution in [0, 0.1) is 11.8 Å². The van der Waals surface area contributed by atoms with Gasteiger partial charge in [-0.25, -0.2) is 9.78 Å². The van der Waals surface area contributed by atoms with E-state index >= 15 is 0 Å². The van der Waals surface area contributed by atoms with Crippen LogP contribution in [0.25, 0.3) is 0 Å². The third-order valence-corrected chi connectivity index (χ3v) is 4.51. The van der Waals surface area contributed by atoms with E-state index in [-0.39, 0.29) is 23.5 Å². The Morgan fingerprint density at radius 3 is 3.00 bits per heavy atom. The molecular weight excluding hydrogens is 330 g/mol. The van der Waals surface area contributed by atoms with Crippen LogP contribution >= 0.6 is 11.8 Å². The molecule has 0 spiro atoms. The van der Waals surface area contributed by atoms with Crippen molar-refractivity contribution in [2.24, 2.45) is 0 Å². The van der Waals surface area contributed by atoms with Crippen LogP contribution < -0.4 is 0 Å². The zero-order valence-corrected chi connectivity index (χ0v) is 14.4. The number of ether oxygens (including phenoxy) is 1. The van der Waals surface area contributed by atoms with Crippen LogP contribution in [0.2, 0.25) is 0 Å². The zero-order chi connectivity index (χ0) is 24.7. The van der Waals surface area contributed by atoms with Crippen LogP contribution in [-0.4, -0.2) is 23.3 Å². The highest BCUT2D eigenvalue weighted by Gasteiger charge is 2.27. The maximum Gasteiger partial charge on any atom is 0.339 e. The first kappa shape index (κ1) is 10.0. The van der Waals surface area contributed by atoms with Crippen molar-refractivity contribution in [1.29, 1.82) is 0 Å². The molecule has 2 aromatic rings. The van der Waals surface area contributed by atoms with Gasteiger partial charge < -0.3 is 4.74 Å². The molecule has 0 N–H and O–H groups in total. The van der Waals surface area contributed by atoms with Gasteiger partial charge in [0.1, 0.15) is 5.69 Å². The molecule has 0 saturated heterocycles. The van der Waals surface area contributed by atoms with Crippen molar-refractivity contribution in [3.8, 4) is 11.8 Å². The van der Waals surface area contributed by atoms with Gasteiger partial charge in [0, 0.05) is 27.6 Å². The molecule has 25 heavy (non-hydrogen) atoms. The summed E-state index contributed by atoms with van der Waals surface area (Å²) in [5, 5.41) is 0. The van der Waals surface area contributed by atoms with Crippen molar-refractivity contribution in [2.75, 3.05) is 12.4 Å². The monoisotopic (exact) mass is 359 g/mol. The Morgan fingerprint density at radius 1 is 1.40 bits per heavy atom. The van der Waals surface area contributed by atoms with Crippen LogP contribution in [0.5, 0.6) is 0 Å². The minimum absolute atomic E-state index is 0.0961. The Bertz CT molecular complexity index is 1100. The number of esters is 1. The van der Waals surface area contributed by atoms with Gasteiger partial charge in [-0.15, -0.1) is 11.8 Å². The van der Waals surface area contributed by atoms with Crippen LogP contribution in [0.15, 0.2) is 41.4 Å². The van der Waals surface area contributed by atoms with E-state index in [1.807, 2.05) is 0 Å². The van der Waals surface area contributed by atoms with Crippen molar-refractivity contribution in [3.05, 3.63) is 58.9 Å². The van der Waals surface area contributed by atoms with Gasteiger partial charge in [-0.3, -0.25) is 0 Å². The molecule has 2 heterocycles. The Hall–Kier alpha value is -2.25. The van der Waals surface area contributed by atoms with Crippen molar-refractivity contribution < 1.29 is 20.5 Å². The van der Waals surface area contributed by atoms with Gasteiger partial charge in [-0.05, 0) is 66.3 Å². The van der Waals surface area contributed by atoms with E-state index in [4.69, 9.17) is 15.7 Å². The van der Waals surface area contributed by atoms with Crippen LogP contribution in [0.4, 0.5) is 0 Å². The smallest absolute Gasteiger partial charge is 0.339 e. The lowest BCUT2D eigenvalue weighted by Crippen LogP contribution is -2.22. The predicted molar refractivity (Wildman–Crippen MR) is 101 cm³/mol. The number of hydrogen-bond acceptors (Lipinski definition) is 4. The van der Waals surface area contributed by atoms with Gasteiger partial charge in [-0.2, -0.15) is 0 Å². The lowest BCUT2D eigenvalue weighted by molar-refractivity contribution is 0.0526. The van der Waals surface area contributed by atoms with Gasteiger partial charge in [-0.1, -0.05) is 19.6 Å². The summed E-state index contributed by atoms with van der Waals surface area (Å²) in [5.74, 6) is 4.83. The largest absolute Gasteiger partial charge is 0.462 e. The van der Waals surface area contributed by atoms with Crippen molar-refractivity contribution in [3.63, 3.8) is 0 Å². The summed E-state index contributed by atoms with van der Waals surface area (Å²) in [4.78, 5) is 16.2. The molecule has 1 aliphatic rings. The molecule has 0 radical (unpaired) electrons. The fourth-order valence-electron chi connectivity index (χ4n) is 2.28. The van der Waals surface area contributed by atoms with Crippen LogP contribution in [0.1, 0.15) is 65.1 Å². The summed E-state index contributed by atoms with van der Waals surface area (Å²) in [5.41, 5.74) is -1.87. The molecular formula is C21H21NO2S. The first-order valence-electron chi connectivity index (χ1n) is 11.7. The Kier molecular flexibility index (Phi) is 2.94. The summed E-state index contributed by atoms with van der Waals surface area (Å²) in [6.07, 6.45) is -1.19. The number of nitrogens with zero attached hydrogens (tertiary/aromatic N) is 1. The highest BCUT2D eigenvalue weighted by atomic mass is 32.2. The minimum atomic E-state index is -3.13. The molecule has 1 aromatic heterocycles. The van der Waals surface area contributed by atoms with E-state index < -0.39 is 31.5 Å². The fraction of sp³-hybridized carbons (Fsp3) is 0.333. The van der Waals surface area contributed by atoms with E-state index in [1.165, 1.54) is 24.4 Å². The summed E-state index contributed by atoms with van der Waals surface area (Å²) in [7, 11) is 0. The molecule has 0 amide bonds. The van der Waals surface area contributed by atoms with Gasteiger partial charge in [0.05, 0.1) is 12.2 Å². The summed E-state index contributed by atoms with van der Waals surface area (Å²) in [6.45, 7) is -4.33. The highest BCUT2D eigenvalue weighted by Crippen LogP contribution is 2.41. The van der Waals surface area contributed by atoms with Crippen molar-refractivity contribution >= 4 is 17.7 Å². The molecule has 0 atom stereocenters. The number of hydrogen-bond donors (Lipinski definition) is 0. The average molecular weight is 360 g/mol. The summed E-state index contributed by atoms with van der Waals surface area (Å²) >= 11 is 1.08. The van der Waals surface area contributed by atoms with Gasteiger partial charge in [0.15, 0.2) is 0 Å². The lowest BCUT2D eigenvalue weighted by Gasteiger charge is -2.32. The number of benzene rings is 1. The zero-order valence-electron chi connectivity index (χ0n) is 21.6. The molecule has 3 rings (SSSR count). The lowest BCUT2D eigenvalue weighted by atomic mass is 9.81. The van der Waals surface area contributed by atoms with E-state index in [2.05, 4.69) is 16.8 Å². The maximum absolute atomic E-state index is 11.7. The molecule has 3 nitrogen and oxygen atoms in total. The normalized spacial score (nSPS) is 22.6.